The third-order valence-corrected chi connectivity index (χ3v) is 13.2. The summed E-state index contributed by atoms with van der Waals surface area (Å²) in [5.41, 5.74) is 7.68. The van der Waals surface area contributed by atoms with Crippen LogP contribution in [-0.2, 0) is 42.9 Å². The fraction of sp³-hybridized carbons (Fsp3) is 0.822. The summed E-state index contributed by atoms with van der Waals surface area (Å²) in [6, 6.07) is -1.15. The maximum Gasteiger partial charge on any atom is 0.329 e. The summed E-state index contributed by atoms with van der Waals surface area (Å²) in [6.45, 7) is 14.9. The van der Waals surface area contributed by atoms with E-state index in [1.807, 2.05) is 34.6 Å². The Labute approximate surface area is 346 Å². The first-order valence-corrected chi connectivity index (χ1v) is 21.8. The van der Waals surface area contributed by atoms with Gasteiger partial charge < -0.3 is 39.4 Å². The molecule has 4 aliphatic rings. The van der Waals surface area contributed by atoms with Crippen LogP contribution in [0.1, 0.15) is 126 Å². The molecule has 1 aliphatic carbocycles. The fourth-order valence-corrected chi connectivity index (χ4v) is 9.59. The van der Waals surface area contributed by atoms with Gasteiger partial charge in [-0.2, -0.15) is 0 Å². The molecule has 0 aromatic carbocycles. The molecular formula is C45H73FN2O10. The molecule has 13 heteroatoms. The number of carbonyl (C=O) groups is 4. The number of nitrogens with two attached hydrogens (primary N) is 1. The Morgan fingerprint density at radius 1 is 1.00 bits per heavy atom. The topological polar surface area (TPSA) is 164 Å². The van der Waals surface area contributed by atoms with Crippen molar-refractivity contribution in [3.63, 3.8) is 0 Å². The third kappa shape index (κ3) is 11.4. The predicted octanol–water partition coefficient (Wildman–Crippen LogP) is 6.20. The average Bonchev–Trinajstić information content (AvgIpc) is 3.20. The zero-order chi connectivity index (χ0) is 43.1. The first-order valence-electron chi connectivity index (χ1n) is 21.8. The number of ether oxygens (including phenoxy) is 5. The van der Waals surface area contributed by atoms with E-state index in [1.54, 1.807) is 26.8 Å². The van der Waals surface area contributed by atoms with Gasteiger partial charge in [-0.3, -0.25) is 14.4 Å². The predicted molar refractivity (Wildman–Crippen MR) is 218 cm³/mol. The van der Waals surface area contributed by atoms with Gasteiger partial charge in [0.1, 0.15) is 30.2 Å². The highest BCUT2D eigenvalue weighted by Crippen LogP contribution is 2.39. The third-order valence-electron chi connectivity index (χ3n) is 13.2. The molecule has 3 N–H and O–H groups in total. The van der Waals surface area contributed by atoms with Crippen LogP contribution in [-0.4, -0.2) is 115 Å². The lowest BCUT2D eigenvalue weighted by molar-refractivity contribution is -0.302. The smallest absolute Gasteiger partial charge is 0.329 e. The summed E-state index contributed by atoms with van der Waals surface area (Å²) in [7, 11) is 2.93. The van der Waals surface area contributed by atoms with Gasteiger partial charge in [0, 0.05) is 45.1 Å². The van der Waals surface area contributed by atoms with Crippen LogP contribution in [0, 0.1) is 29.6 Å². The number of hydrogen-bond donors (Lipinski definition) is 2. The Bertz CT molecular complexity index is 1490. The van der Waals surface area contributed by atoms with Crippen LogP contribution < -0.4 is 5.73 Å². The van der Waals surface area contributed by atoms with E-state index < -0.39 is 77.8 Å². The van der Waals surface area contributed by atoms with Crippen molar-refractivity contribution >= 4 is 23.4 Å². The quantitative estimate of drug-likeness (QED) is 0.171. The minimum absolute atomic E-state index is 0.0228. The zero-order valence-corrected chi connectivity index (χ0v) is 36.7. The SMILES string of the molecule is CCC1/C=C(\C)C(F)C(C)CC(OC)C2OC(O)(C(=O)C(=O)N3CCCCC3C(=O)OC(C(C)=CC3CCC(N)C(OC(C)C)C3)C(C)CCC1=O)C(C)CC2OC. The van der Waals surface area contributed by atoms with Crippen molar-refractivity contribution in [3.8, 4) is 0 Å². The number of piperidine rings is 1. The minimum atomic E-state index is -2.56. The summed E-state index contributed by atoms with van der Waals surface area (Å²) in [5.74, 6) is -7.60. The van der Waals surface area contributed by atoms with E-state index in [9.17, 15) is 24.3 Å². The van der Waals surface area contributed by atoms with Crippen molar-refractivity contribution in [3.05, 3.63) is 23.3 Å². The van der Waals surface area contributed by atoms with Crippen molar-refractivity contribution in [2.75, 3.05) is 20.8 Å². The molecule has 1 saturated carbocycles. The standard InChI is InChI=1S/C45H73FN2O10/c1-11-32-21-27(5)39(46)28(6)22-37(54-9)41-38(55-10)23-30(8)45(53,58-41)42(50)43(51)48-19-13-12-14-34(48)44(52)57-40(26(4)15-18-35(32)49)29(7)20-31-16-17-33(47)36(24-31)56-25(2)3/h20-21,25-26,28,30-34,36-41,53H,11-19,22-24,47H2,1-10H3/b27-21+,29-20?. The van der Waals surface area contributed by atoms with E-state index in [0.29, 0.717) is 31.3 Å². The number of allylic oxidation sites excluding steroid dienone is 3. The van der Waals surface area contributed by atoms with E-state index in [4.69, 9.17) is 29.4 Å². The Kier molecular flexibility index (Phi) is 17.7. The van der Waals surface area contributed by atoms with E-state index in [1.165, 1.54) is 19.1 Å². The Morgan fingerprint density at radius 2 is 1.67 bits per heavy atom. The van der Waals surface area contributed by atoms with Gasteiger partial charge in [0.2, 0.25) is 5.79 Å². The van der Waals surface area contributed by atoms with Crippen LogP contribution in [0.25, 0.3) is 0 Å². The van der Waals surface area contributed by atoms with Crippen LogP contribution in [0.4, 0.5) is 4.39 Å². The Hall–Kier alpha value is -2.55. The van der Waals surface area contributed by atoms with E-state index >= 15 is 4.39 Å². The van der Waals surface area contributed by atoms with Gasteiger partial charge in [0.25, 0.3) is 11.7 Å². The molecule has 3 fully saturated rings. The second-order valence-corrected chi connectivity index (χ2v) is 18.1. The number of Topliss-reactive ketones (excluding diaryl/α,β-unsaturated/α-hetero) is 2. The lowest BCUT2D eigenvalue weighted by atomic mass is 9.81. The number of alkyl halides is 1. The molecule has 4 rings (SSSR count). The Morgan fingerprint density at radius 3 is 2.31 bits per heavy atom. The average molecular weight is 821 g/mol. The molecule has 14 unspecified atom stereocenters. The number of amides is 1. The highest BCUT2D eigenvalue weighted by Gasteiger charge is 2.56. The number of methoxy groups -OCH3 is 2. The molecule has 0 spiro atoms. The maximum absolute atomic E-state index is 16.2. The number of hydrogen-bond acceptors (Lipinski definition) is 11. The van der Waals surface area contributed by atoms with Crippen LogP contribution in [0.5, 0.6) is 0 Å². The van der Waals surface area contributed by atoms with Crippen molar-refractivity contribution < 1.29 is 52.4 Å². The molecule has 3 heterocycles. The number of halogens is 1. The Balaban J connectivity index is 1.75. The highest BCUT2D eigenvalue weighted by atomic mass is 19.1. The largest absolute Gasteiger partial charge is 0.456 e. The number of fused-ring (bicyclic) bond motifs is 3. The number of carbonyl (C=O) groups excluding carboxylic acids is 4. The molecule has 12 nitrogen and oxygen atoms in total. The number of ketones is 2. The molecule has 0 aromatic rings. The van der Waals surface area contributed by atoms with E-state index in [-0.39, 0.29) is 68.1 Å². The van der Waals surface area contributed by atoms with Crippen LogP contribution in [0.2, 0.25) is 0 Å². The summed E-state index contributed by atoms with van der Waals surface area (Å²) >= 11 is 0. The van der Waals surface area contributed by atoms with Crippen LogP contribution >= 0.6 is 0 Å². The second-order valence-electron chi connectivity index (χ2n) is 18.1. The van der Waals surface area contributed by atoms with Gasteiger partial charge in [0.15, 0.2) is 0 Å². The van der Waals surface area contributed by atoms with Gasteiger partial charge >= 0.3 is 5.97 Å². The number of cyclic esters (lactones) is 1. The second kappa shape index (κ2) is 21.3. The number of aliphatic hydroxyl groups is 1. The molecular weight excluding hydrogens is 747 g/mol. The minimum Gasteiger partial charge on any atom is -0.456 e. The molecule has 14 atom stereocenters. The van der Waals surface area contributed by atoms with E-state index in [0.717, 1.165) is 24.8 Å². The lowest BCUT2D eigenvalue weighted by Crippen LogP contribution is -2.64. The normalized spacial score (nSPS) is 40.7. The molecule has 1 amide bonds. The lowest BCUT2D eigenvalue weighted by Gasteiger charge is -2.47. The van der Waals surface area contributed by atoms with Gasteiger partial charge in [-0.15, -0.1) is 0 Å². The monoisotopic (exact) mass is 821 g/mol. The van der Waals surface area contributed by atoms with Gasteiger partial charge in [-0.25, -0.2) is 9.18 Å². The van der Waals surface area contributed by atoms with E-state index in [2.05, 4.69) is 6.08 Å². The highest BCUT2D eigenvalue weighted by molar-refractivity contribution is 6.39. The summed E-state index contributed by atoms with van der Waals surface area (Å²) in [5, 5.41) is 12.0. The molecule has 2 bridgehead atoms. The van der Waals surface area contributed by atoms with Gasteiger partial charge in [-0.1, -0.05) is 39.8 Å². The summed E-state index contributed by atoms with van der Waals surface area (Å²) < 4.78 is 46.5. The summed E-state index contributed by atoms with van der Waals surface area (Å²) in [4.78, 5) is 57.8. The van der Waals surface area contributed by atoms with Crippen LogP contribution in [0.3, 0.4) is 0 Å². The fourth-order valence-electron chi connectivity index (χ4n) is 9.59. The van der Waals surface area contributed by atoms with Crippen molar-refractivity contribution in [2.24, 2.45) is 35.3 Å². The molecule has 0 aromatic heterocycles. The molecule has 2 saturated heterocycles. The van der Waals surface area contributed by atoms with Gasteiger partial charge in [0.05, 0.1) is 24.4 Å². The molecule has 3 aliphatic heterocycles. The van der Waals surface area contributed by atoms with Crippen molar-refractivity contribution in [1.29, 1.82) is 0 Å². The zero-order valence-electron chi connectivity index (χ0n) is 36.7. The van der Waals surface area contributed by atoms with Gasteiger partial charge in [-0.05, 0) is 121 Å². The summed E-state index contributed by atoms with van der Waals surface area (Å²) in [6.07, 6.45) is 4.29. The van der Waals surface area contributed by atoms with Crippen molar-refractivity contribution in [2.45, 2.75) is 187 Å². The maximum atomic E-state index is 16.2. The molecule has 58 heavy (non-hydrogen) atoms. The van der Waals surface area contributed by atoms with Crippen molar-refractivity contribution in [1.82, 2.24) is 4.90 Å². The number of rotatable bonds is 7. The number of esters is 1. The first-order chi connectivity index (χ1) is 27.4. The number of nitrogens with zero attached hydrogens (tertiary/aromatic N) is 1. The first kappa shape index (κ1) is 48.1. The van der Waals surface area contributed by atoms with Crippen LogP contribution in [0.15, 0.2) is 23.3 Å². The molecule has 330 valence electrons. The molecule has 0 radical (unpaired) electrons.